The minimum absolute atomic E-state index is 0. The molecular weight excluding hydrogens is 247 g/mol. The van der Waals surface area contributed by atoms with E-state index in [1.807, 2.05) is 30.3 Å². The molecule has 1 saturated heterocycles. The maximum absolute atomic E-state index is 4.17. The van der Waals surface area contributed by atoms with Gasteiger partial charge in [-0.2, -0.15) is 36.4 Å². The molecule has 1 aromatic carbocycles. The normalized spacial score (nSPS) is 14.7. The van der Waals surface area contributed by atoms with E-state index in [0.29, 0.717) is 0 Å². The predicted octanol–water partition coefficient (Wildman–Crippen LogP) is 3.19. The minimum Gasteiger partial charge on any atom is -0.662 e. The van der Waals surface area contributed by atoms with Crippen molar-refractivity contribution in [3.05, 3.63) is 53.9 Å². The summed E-state index contributed by atoms with van der Waals surface area (Å²) in [5.41, 5.74) is 1.37. The number of rotatable bonds is 0. The fourth-order valence-corrected chi connectivity index (χ4v) is 1.05. The summed E-state index contributed by atoms with van der Waals surface area (Å²) in [4.78, 5) is 0. The number of piperidine rings is 1. The van der Waals surface area contributed by atoms with Gasteiger partial charge in [0, 0.05) is 32.7 Å². The number of hydrogen-bond donors (Lipinski definition) is 0. The summed E-state index contributed by atoms with van der Waals surface area (Å²) in [7, 11) is 0. The van der Waals surface area contributed by atoms with Crippen LogP contribution in [-0.2, 0) is 32.7 Å². The summed E-state index contributed by atoms with van der Waals surface area (Å²) < 4.78 is 0. The zero-order valence-corrected chi connectivity index (χ0v) is 11.3. The molecule has 14 heavy (non-hydrogen) atoms. The largest absolute Gasteiger partial charge is 0.662 e. The minimum atomic E-state index is 0. The van der Waals surface area contributed by atoms with Gasteiger partial charge in [0.2, 0.25) is 0 Å². The fourth-order valence-electron chi connectivity index (χ4n) is 1.05. The Morgan fingerprint density at radius 3 is 1.86 bits per heavy atom. The Morgan fingerprint density at radius 2 is 1.64 bits per heavy atom. The van der Waals surface area contributed by atoms with Crippen molar-refractivity contribution in [1.82, 2.24) is 0 Å². The summed E-state index contributed by atoms with van der Waals surface area (Å²) in [5.74, 6) is 0. The summed E-state index contributed by atoms with van der Waals surface area (Å²) >= 11 is 0. The van der Waals surface area contributed by atoms with Crippen molar-refractivity contribution in [2.24, 2.45) is 0 Å². The number of hydrogen-bond acceptors (Lipinski definition) is 0. The molecule has 0 saturated carbocycles. The summed E-state index contributed by atoms with van der Waals surface area (Å²) in [6.07, 6.45) is 2.25. The van der Waals surface area contributed by atoms with Crippen LogP contribution >= 0.6 is 0 Å². The van der Waals surface area contributed by atoms with Crippen LogP contribution in [0.5, 0.6) is 0 Å². The Kier molecular flexibility index (Phi) is 9.59. The average molecular weight is 262 g/mol. The van der Waals surface area contributed by atoms with Crippen molar-refractivity contribution in [2.45, 2.75) is 12.8 Å². The van der Waals surface area contributed by atoms with Gasteiger partial charge < -0.3 is 5.32 Å². The van der Waals surface area contributed by atoms with Crippen LogP contribution in [0.15, 0.2) is 42.5 Å². The van der Waals surface area contributed by atoms with Gasteiger partial charge in [-0.05, 0) is 0 Å². The first-order valence-corrected chi connectivity index (χ1v) is 4.60. The van der Waals surface area contributed by atoms with Gasteiger partial charge >= 0.3 is 0 Å². The van der Waals surface area contributed by atoms with E-state index in [2.05, 4.69) is 18.0 Å². The van der Waals surface area contributed by atoms with Gasteiger partial charge in [0.25, 0.3) is 0 Å². The second kappa shape index (κ2) is 9.57. The van der Waals surface area contributed by atoms with Gasteiger partial charge in [0.1, 0.15) is 0 Å². The zero-order valence-electron chi connectivity index (χ0n) is 8.45. The van der Waals surface area contributed by atoms with Gasteiger partial charge in [-0.1, -0.05) is 25.0 Å². The third-order valence-electron chi connectivity index (χ3n) is 1.85. The van der Waals surface area contributed by atoms with Crippen molar-refractivity contribution in [3.63, 3.8) is 0 Å². The third kappa shape index (κ3) is 7.43. The van der Waals surface area contributed by atoms with Crippen molar-refractivity contribution in [3.8, 4) is 0 Å². The van der Waals surface area contributed by atoms with E-state index in [9.17, 15) is 0 Å². The molecule has 0 unspecified atom stereocenters. The monoisotopic (exact) mass is 262 g/mol. The molecule has 0 N–H and O–H groups in total. The zero-order chi connectivity index (χ0) is 9.36. The molecule has 0 amide bonds. The molecule has 0 spiro atoms. The van der Waals surface area contributed by atoms with E-state index in [4.69, 9.17) is 0 Å². The van der Waals surface area contributed by atoms with Crippen LogP contribution in [0.3, 0.4) is 0 Å². The maximum Gasteiger partial charge on any atom is 0 e. The second-order valence-corrected chi connectivity index (χ2v) is 3.00. The summed E-state index contributed by atoms with van der Waals surface area (Å²) in [6.45, 7) is 5.88. The van der Waals surface area contributed by atoms with Crippen LogP contribution in [0, 0.1) is 6.07 Å². The van der Waals surface area contributed by atoms with Gasteiger partial charge in [0.05, 0.1) is 0 Å². The maximum atomic E-state index is 4.17. The van der Waals surface area contributed by atoms with E-state index >= 15 is 0 Å². The summed E-state index contributed by atoms with van der Waals surface area (Å²) in [6, 6.07) is 12.5. The van der Waals surface area contributed by atoms with E-state index in [1.54, 1.807) is 0 Å². The molecule has 1 aliphatic rings. The van der Waals surface area contributed by atoms with Crippen LogP contribution in [0.2, 0.25) is 0 Å². The first kappa shape index (κ1) is 14.0. The molecule has 1 radical (unpaired) electrons. The van der Waals surface area contributed by atoms with Crippen molar-refractivity contribution < 1.29 is 32.7 Å². The Bertz CT molecular complexity index is 199. The van der Waals surface area contributed by atoms with Crippen LogP contribution in [-0.4, -0.2) is 13.1 Å². The van der Waals surface area contributed by atoms with Crippen molar-refractivity contribution in [1.29, 1.82) is 0 Å². The van der Waals surface area contributed by atoms with E-state index < -0.39 is 0 Å². The summed E-state index contributed by atoms with van der Waals surface area (Å²) in [5, 5.41) is 4.17. The standard InChI is InChI=1S/C6H10N.C6H5.Y/c1-6-2-4-7-5-3-6;1-2-4-6-5-3-1;/h1-5H2;1-5H;/q2*-1;. The Labute approximate surface area is 112 Å². The van der Waals surface area contributed by atoms with Crippen LogP contribution in [0.25, 0.3) is 5.32 Å². The van der Waals surface area contributed by atoms with Gasteiger partial charge in [0.15, 0.2) is 0 Å². The van der Waals surface area contributed by atoms with Crippen LogP contribution in [0.1, 0.15) is 12.8 Å². The predicted molar refractivity (Wildman–Crippen MR) is 56.7 cm³/mol. The molecule has 0 bridgehead atoms. The van der Waals surface area contributed by atoms with Crippen molar-refractivity contribution in [2.75, 3.05) is 13.1 Å². The second-order valence-electron chi connectivity index (χ2n) is 3.00. The molecule has 1 heterocycles. The fraction of sp³-hybridized carbons (Fsp3) is 0.333. The molecular formula is C12H15NY-2. The molecule has 0 aliphatic carbocycles. The molecule has 0 atom stereocenters. The number of nitrogens with zero attached hydrogens (tertiary/aromatic N) is 1. The molecule has 1 aliphatic heterocycles. The van der Waals surface area contributed by atoms with E-state index in [1.165, 1.54) is 5.57 Å². The Hall–Kier alpha value is 0.0239. The molecule has 2 rings (SSSR count). The molecule has 2 heteroatoms. The molecule has 73 valence electrons. The first-order valence-electron chi connectivity index (χ1n) is 4.60. The Balaban J connectivity index is 0.000000227. The van der Waals surface area contributed by atoms with Gasteiger partial charge in [-0.3, -0.25) is 0 Å². The average Bonchev–Trinajstić information content (AvgIpc) is 2.22. The quantitative estimate of drug-likeness (QED) is 0.503. The molecule has 1 aromatic rings. The van der Waals surface area contributed by atoms with Gasteiger partial charge in [-0.25, -0.2) is 0 Å². The van der Waals surface area contributed by atoms with Crippen LogP contribution in [0.4, 0.5) is 0 Å². The third-order valence-corrected chi connectivity index (χ3v) is 1.85. The molecule has 1 nitrogen and oxygen atoms in total. The van der Waals surface area contributed by atoms with E-state index in [-0.39, 0.29) is 32.7 Å². The van der Waals surface area contributed by atoms with E-state index in [0.717, 1.165) is 25.9 Å². The smallest absolute Gasteiger partial charge is 0 e. The SMILES string of the molecule is C=C1CC[N-]CC1.[Y].[c-]1ccccc1. The number of benzene rings is 1. The van der Waals surface area contributed by atoms with Crippen LogP contribution < -0.4 is 0 Å². The topological polar surface area (TPSA) is 14.1 Å². The Morgan fingerprint density at radius 1 is 1.07 bits per heavy atom. The van der Waals surface area contributed by atoms with Gasteiger partial charge in [-0.15, -0.1) is 13.1 Å². The molecule has 1 fully saturated rings. The molecule has 0 aromatic heterocycles. The first-order chi connectivity index (χ1) is 6.39. The van der Waals surface area contributed by atoms with Crippen molar-refractivity contribution >= 4 is 0 Å².